The summed E-state index contributed by atoms with van der Waals surface area (Å²) in [6, 6.07) is 4.23. The van der Waals surface area contributed by atoms with E-state index in [1.54, 1.807) is 25.1 Å². The maximum absolute atomic E-state index is 12.6. The van der Waals surface area contributed by atoms with Gasteiger partial charge in [0.05, 0.1) is 4.92 Å². The van der Waals surface area contributed by atoms with E-state index in [0.29, 0.717) is 11.3 Å². The largest absolute Gasteiger partial charge is 0.377 e. The van der Waals surface area contributed by atoms with Crippen LogP contribution in [0.25, 0.3) is 6.08 Å². The van der Waals surface area contributed by atoms with Gasteiger partial charge in [-0.1, -0.05) is 6.08 Å². The number of non-ortho nitro benzene ring substituents is 1. The zero-order valence-electron chi connectivity index (χ0n) is 13.7. The molecular formula is C16H16N4O4S. The van der Waals surface area contributed by atoms with Gasteiger partial charge in [0.2, 0.25) is 0 Å². The summed E-state index contributed by atoms with van der Waals surface area (Å²) in [5.74, 6) is -1.23. The number of nitrogens with zero attached hydrogens (tertiary/aromatic N) is 3. The summed E-state index contributed by atoms with van der Waals surface area (Å²) in [5, 5.41) is 13.5. The maximum Gasteiger partial charge on any atom is 0.270 e. The van der Waals surface area contributed by atoms with Gasteiger partial charge in [0.25, 0.3) is 17.5 Å². The summed E-state index contributed by atoms with van der Waals surface area (Å²) < 4.78 is 0. The van der Waals surface area contributed by atoms with E-state index in [1.807, 2.05) is 0 Å². The molecule has 1 aliphatic rings. The second-order valence-corrected chi connectivity index (χ2v) is 5.80. The van der Waals surface area contributed by atoms with E-state index in [2.05, 4.69) is 11.9 Å². The average molecular weight is 360 g/mol. The van der Waals surface area contributed by atoms with Crippen molar-refractivity contribution in [2.24, 2.45) is 0 Å². The molecule has 8 nitrogen and oxygen atoms in total. The minimum Gasteiger partial charge on any atom is -0.377 e. The van der Waals surface area contributed by atoms with Gasteiger partial charge in [0.15, 0.2) is 5.11 Å². The maximum atomic E-state index is 12.6. The Morgan fingerprint density at radius 3 is 2.64 bits per heavy atom. The van der Waals surface area contributed by atoms with Crippen molar-refractivity contribution in [1.29, 1.82) is 0 Å². The number of thiocarbonyl (C=S) groups is 1. The van der Waals surface area contributed by atoms with Crippen LogP contribution >= 0.6 is 12.2 Å². The highest BCUT2D eigenvalue weighted by molar-refractivity contribution is 7.80. The van der Waals surface area contributed by atoms with Gasteiger partial charge in [0, 0.05) is 44.0 Å². The van der Waals surface area contributed by atoms with Crippen LogP contribution < -0.4 is 10.2 Å². The molecule has 2 rings (SSSR count). The van der Waals surface area contributed by atoms with Crippen LogP contribution in [-0.4, -0.2) is 47.4 Å². The quantitative estimate of drug-likeness (QED) is 0.213. The third kappa shape index (κ3) is 3.72. The third-order valence-electron chi connectivity index (χ3n) is 3.50. The predicted molar refractivity (Wildman–Crippen MR) is 98.1 cm³/mol. The summed E-state index contributed by atoms with van der Waals surface area (Å²) in [6.45, 7) is 3.70. The Morgan fingerprint density at radius 1 is 1.40 bits per heavy atom. The molecule has 0 aliphatic carbocycles. The Balaban J connectivity index is 2.56. The normalized spacial score (nSPS) is 16.0. The van der Waals surface area contributed by atoms with E-state index in [9.17, 15) is 19.7 Å². The van der Waals surface area contributed by atoms with Crippen LogP contribution in [0.2, 0.25) is 0 Å². The number of anilines is 1. The number of hydrogen-bond donors (Lipinski definition) is 1. The smallest absolute Gasteiger partial charge is 0.270 e. The first-order valence-electron chi connectivity index (χ1n) is 7.21. The molecular weight excluding hydrogens is 344 g/mol. The van der Waals surface area contributed by atoms with Gasteiger partial charge in [-0.05, 0) is 24.4 Å². The lowest BCUT2D eigenvalue weighted by Crippen LogP contribution is -2.53. The molecule has 1 saturated heterocycles. The molecule has 1 aromatic carbocycles. The number of benzene rings is 1. The lowest BCUT2D eigenvalue weighted by molar-refractivity contribution is -0.384. The molecule has 1 N–H and O–H groups in total. The van der Waals surface area contributed by atoms with Crippen molar-refractivity contribution in [2.45, 2.75) is 0 Å². The van der Waals surface area contributed by atoms with Gasteiger partial charge in [-0.2, -0.15) is 0 Å². The summed E-state index contributed by atoms with van der Waals surface area (Å²) in [4.78, 5) is 38.1. The molecule has 130 valence electrons. The molecule has 0 radical (unpaired) electrons. The predicted octanol–water partition coefficient (Wildman–Crippen LogP) is 1.47. The van der Waals surface area contributed by atoms with E-state index < -0.39 is 16.7 Å². The number of rotatable bonds is 5. The first-order chi connectivity index (χ1) is 11.8. The van der Waals surface area contributed by atoms with Gasteiger partial charge in [-0.25, -0.2) is 0 Å². The van der Waals surface area contributed by atoms with Crippen molar-refractivity contribution in [3.8, 4) is 0 Å². The summed E-state index contributed by atoms with van der Waals surface area (Å²) >= 11 is 4.99. The molecule has 0 atom stereocenters. The molecule has 1 fully saturated rings. The standard InChI is InChI=1S/C16H16N4O4S/c1-4-7-19-15(22)12(14(21)17-16(19)25)9-10-8-11(20(23)24)5-6-13(10)18(2)3/h4-6,8-9H,1,7H2,2-3H3,(H,17,21,25)/b12-9-. The SMILES string of the molecule is C=CCN1C(=O)/C(=C\c2cc([N+](=O)[O-])ccc2N(C)C)C(=O)NC1=S. The highest BCUT2D eigenvalue weighted by Gasteiger charge is 2.33. The van der Waals surface area contributed by atoms with Gasteiger partial charge >= 0.3 is 0 Å². The molecule has 0 spiro atoms. The lowest BCUT2D eigenvalue weighted by Gasteiger charge is -2.28. The number of nitro groups is 1. The summed E-state index contributed by atoms with van der Waals surface area (Å²) in [7, 11) is 3.51. The fraction of sp³-hybridized carbons (Fsp3) is 0.188. The Kier molecular flexibility index (Phi) is 5.28. The zero-order chi connectivity index (χ0) is 18.7. The van der Waals surface area contributed by atoms with Crippen molar-refractivity contribution in [3.63, 3.8) is 0 Å². The van der Waals surface area contributed by atoms with Crippen LogP contribution in [0.1, 0.15) is 5.56 Å². The molecule has 0 aromatic heterocycles. The Labute approximate surface area is 149 Å². The number of carbonyl (C=O) groups excluding carboxylic acids is 2. The van der Waals surface area contributed by atoms with Crippen LogP contribution in [-0.2, 0) is 9.59 Å². The highest BCUT2D eigenvalue weighted by Crippen LogP contribution is 2.27. The molecule has 0 bridgehead atoms. The number of amides is 2. The zero-order valence-corrected chi connectivity index (χ0v) is 14.5. The fourth-order valence-corrected chi connectivity index (χ4v) is 2.57. The van der Waals surface area contributed by atoms with Gasteiger partial charge < -0.3 is 4.90 Å². The fourth-order valence-electron chi connectivity index (χ4n) is 2.32. The first kappa shape index (κ1) is 18.3. The Hall–Kier alpha value is -3.07. The molecule has 1 aliphatic heterocycles. The van der Waals surface area contributed by atoms with Crippen molar-refractivity contribution >= 4 is 46.6 Å². The van der Waals surface area contributed by atoms with Gasteiger partial charge in [-0.3, -0.25) is 29.9 Å². The van der Waals surface area contributed by atoms with E-state index in [0.717, 1.165) is 0 Å². The molecule has 0 unspecified atom stereocenters. The minimum atomic E-state index is -0.647. The van der Waals surface area contributed by atoms with Crippen LogP contribution in [0.5, 0.6) is 0 Å². The number of carbonyl (C=O) groups is 2. The molecule has 1 aromatic rings. The molecule has 0 saturated carbocycles. The monoisotopic (exact) mass is 360 g/mol. The van der Waals surface area contributed by atoms with E-state index in [4.69, 9.17) is 12.2 Å². The molecule has 2 amide bonds. The Bertz CT molecular complexity index is 816. The van der Waals surface area contributed by atoms with Crippen molar-refractivity contribution in [3.05, 3.63) is 52.1 Å². The average Bonchev–Trinajstić information content (AvgIpc) is 2.54. The minimum absolute atomic E-state index is 0.000995. The third-order valence-corrected chi connectivity index (χ3v) is 3.82. The second-order valence-electron chi connectivity index (χ2n) is 5.42. The van der Waals surface area contributed by atoms with Crippen molar-refractivity contribution in [1.82, 2.24) is 10.2 Å². The number of nitro benzene ring substituents is 1. The van der Waals surface area contributed by atoms with E-state index in [-0.39, 0.29) is 22.9 Å². The highest BCUT2D eigenvalue weighted by atomic mass is 32.1. The van der Waals surface area contributed by atoms with Crippen LogP contribution in [0, 0.1) is 10.1 Å². The lowest BCUT2D eigenvalue weighted by atomic mass is 10.0. The topological polar surface area (TPSA) is 95.8 Å². The van der Waals surface area contributed by atoms with Gasteiger partial charge in [0.1, 0.15) is 5.57 Å². The second kappa shape index (κ2) is 7.22. The van der Waals surface area contributed by atoms with Crippen molar-refractivity contribution in [2.75, 3.05) is 25.5 Å². The molecule has 9 heteroatoms. The van der Waals surface area contributed by atoms with Crippen LogP contribution in [0.4, 0.5) is 11.4 Å². The first-order valence-corrected chi connectivity index (χ1v) is 7.62. The summed E-state index contributed by atoms with van der Waals surface area (Å²) in [5.41, 5.74) is 0.713. The number of hydrogen-bond acceptors (Lipinski definition) is 6. The number of nitrogens with one attached hydrogen (secondary N) is 1. The van der Waals surface area contributed by atoms with E-state index >= 15 is 0 Å². The van der Waals surface area contributed by atoms with E-state index in [1.165, 1.54) is 29.2 Å². The molecule has 25 heavy (non-hydrogen) atoms. The summed E-state index contributed by atoms with van der Waals surface area (Å²) in [6.07, 6.45) is 2.82. The van der Waals surface area contributed by atoms with Crippen LogP contribution in [0.3, 0.4) is 0 Å². The Morgan fingerprint density at radius 2 is 2.08 bits per heavy atom. The van der Waals surface area contributed by atoms with Gasteiger partial charge in [-0.15, -0.1) is 6.58 Å². The van der Waals surface area contributed by atoms with Crippen LogP contribution in [0.15, 0.2) is 36.4 Å². The molecule has 1 heterocycles. The van der Waals surface area contributed by atoms with Crippen molar-refractivity contribution < 1.29 is 14.5 Å².